The first-order valence-corrected chi connectivity index (χ1v) is 10.2. The second-order valence-electron chi connectivity index (χ2n) is 6.77. The number of aliphatic imine (C=N–C) groups is 1. The van der Waals surface area contributed by atoms with Gasteiger partial charge in [-0.25, -0.2) is 9.98 Å². The van der Waals surface area contributed by atoms with E-state index in [1.165, 1.54) is 5.56 Å². The van der Waals surface area contributed by atoms with Gasteiger partial charge in [0.25, 0.3) is 0 Å². The molecule has 0 unspecified atom stereocenters. The zero-order chi connectivity index (χ0) is 20.3. The molecule has 1 aliphatic heterocycles. The number of morpholine rings is 1. The standard InChI is InChI=1S/C22H31N5O2.HI/c1-3-23-22(25-12-10-18-7-4-5-9-20(18)28-2)26-17-19-8-6-11-24-21(19)27-13-15-29-16-14-27;/h4-9,11H,3,10,12-17H2,1-2H3,(H2,23,25,26);1H. The molecule has 3 rings (SSSR count). The minimum Gasteiger partial charge on any atom is -0.496 e. The molecule has 0 amide bonds. The predicted octanol–water partition coefficient (Wildman–Crippen LogP) is 2.84. The molecule has 8 heteroatoms. The van der Waals surface area contributed by atoms with Crippen molar-refractivity contribution in [1.29, 1.82) is 0 Å². The Morgan fingerprint density at radius 2 is 1.90 bits per heavy atom. The number of nitrogens with zero attached hydrogens (tertiary/aromatic N) is 3. The van der Waals surface area contributed by atoms with Crippen LogP contribution in [0.15, 0.2) is 47.6 Å². The number of ether oxygens (including phenoxy) is 2. The monoisotopic (exact) mass is 525 g/mol. The number of aromatic nitrogens is 1. The Bertz CT molecular complexity index is 797. The summed E-state index contributed by atoms with van der Waals surface area (Å²) in [4.78, 5) is 11.6. The molecule has 30 heavy (non-hydrogen) atoms. The van der Waals surface area contributed by atoms with E-state index in [0.717, 1.165) is 68.9 Å². The average molecular weight is 525 g/mol. The van der Waals surface area contributed by atoms with Crippen molar-refractivity contribution in [3.8, 4) is 5.75 Å². The Kier molecular flexibility index (Phi) is 10.7. The summed E-state index contributed by atoms with van der Waals surface area (Å²) in [5.74, 6) is 2.73. The van der Waals surface area contributed by atoms with Gasteiger partial charge in [0.1, 0.15) is 11.6 Å². The molecule has 0 atom stereocenters. The number of halogens is 1. The fourth-order valence-electron chi connectivity index (χ4n) is 3.34. The molecule has 1 fully saturated rings. The lowest BCUT2D eigenvalue weighted by molar-refractivity contribution is 0.122. The normalized spacial score (nSPS) is 14.1. The van der Waals surface area contributed by atoms with Crippen LogP contribution in [-0.4, -0.2) is 57.4 Å². The average Bonchev–Trinajstić information content (AvgIpc) is 2.78. The summed E-state index contributed by atoms with van der Waals surface area (Å²) >= 11 is 0. The molecule has 164 valence electrons. The lowest BCUT2D eigenvalue weighted by Gasteiger charge is -2.29. The van der Waals surface area contributed by atoms with Crippen molar-refractivity contribution < 1.29 is 9.47 Å². The van der Waals surface area contributed by atoms with E-state index >= 15 is 0 Å². The summed E-state index contributed by atoms with van der Waals surface area (Å²) in [6.45, 7) is 7.44. The van der Waals surface area contributed by atoms with Crippen LogP contribution in [0, 0.1) is 0 Å². The third-order valence-electron chi connectivity index (χ3n) is 4.81. The maximum absolute atomic E-state index is 5.46. The van der Waals surface area contributed by atoms with Crippen LogP contribution in [0.4, 0.5) is 5.82 Å². The number of guanidine groups is 1. The van der Waals surface area contributed by atoms with Crippen LogP contribution >= 0.6 is 24.0 Å². The maximum Gasteiger partial charge on any atom is 0.191 e. The second-order valence-corrected chi connectivity index (χ2v) is 6.77. The number of hydrogen-bond acceptors (Lipinski definition) is 5. The third-order valence-corrected chi connectivity index (χ3v) is 4.81. The first-order chi connectivity index (χ1) is 14.3. The molecule has 1 aromatic heterocycles. The van der Waals surface area contributed by atoms with E-state index in [4.69, 9.17) is 14.5 Å². The molecule has 0 spiro atoms. The molecule has 1 aromatic carbocycles. The van der Waals surface area contributed by atoms with Crippen LogP contribution in [0.2, 0.25) is 0 Å². The molecule has 2 heterocycles. The summed E-state index contributed by atoms with van der Waals surface area (Å²) in [6, 6.07) is 12.2. The van der Waals surface area contributed by atoms with E-state index in [1.54, 1.807) is 7.11 Å². The van der Waals surface area contributed by atoms with Crippen molar-refractivity contribution in [1.82, 2.24) is 15.6 Å². The summed E-state index contributed by atoms with van der Waals surface area (Å²) in [5, 5.41) is 6.74. The number of nitrogens with one attached hydrogen (secondary N) is 2. The summed E-state index contributed by atoms with van der Waals surface area (Å²) in [5.41, 5.74) is 2.30. The van der Waals surface area contributed by atoms with Crippen LogP contribution < -0.4 is 20.3 Å². The Balaban J connectivity index is 0.00000320. The zero-order valence-electron chi connectivity index (χ0n) is 17.8. The van der Waals surface area contributed by atoms with Gasteiger partial charge in [-0.05, 0) is 31.0 Å². The number of benzene rings is 1. The molecule has 0 radical (unpaired) electrons. The van der Waals surface area contributed by atoms with E-state index in [0.29, 0.717) is 6.54 Å². The number of rotatable bonds is 8. The van der Waals surface area contributed by atoms with E-state index < -0.39 is 0 Å². The number of para-hydroxylation sites is 1. The Labute approximate surface area is 196 Å². The number of methoxy groups -OCH3 is 1. The van der Waals surface area contributed by atoms with Crippen LogP contribution in [-0.2, 0) is 17.7 Å². The van der Waals surface area contributed by atoms with Gasteiger partial charge >= 0.3 is 0 Å². The lowest BCUT2D eigenvalue weighted by Crippen LogP contribution is -2.38. The van der Waals surface area contributed by atoms with Gasteiger partial charge in [0.15, 0.2) is 5.96 Å². The highest BCUT2D eigenvalue weighted by molar-refractivity contribution is 14.0. The molecular weight excluding hydrogens is 493 g/mol. The Hall–Kier alpha value is -2.07. The van der Waals surface area contributed by atoms with Gasteiger partial charge in [0.05, 0.1) is 26.9 Å². The fourth-order valence-corrected chi connectivity index (χ4v) is 3.34. The number of hydrogen-bond donors (Lipinski definition) is 2. The van der Waals surface area contributed by atoms with Gasteiger partial charge in [-0.15, -0.1) is 24.0 Å². The summed E-state index contributed by atoms with van der Waals surface area (Å²) in [6.07, 6.45) is 2.70. The number of pyridine rings is 1. The highest BCUT2D eigenvalue weighted by atomic mass is 127. The van der Waals surface area contributed by atoms with Gasteiger partial charge in [-0.1, -0.05) is 24.3 Å². The van der Waals surface area contributed by atoms with Gasteiger partial charge in [0, 0.05) is 37.9 Å². The molecule has 0 aliphatic carbocycles. The fraction of sp³-hybridized carbons (Fsp3) is 0.455. The minimum atomic E-state index is 0. The molecule has 0 bridgehead atoms. The Morgan fingerprint density at radius 3 is 2.67 bits per heavy atom. The largest absolute Gasteiger partial charge is 0.496 e. The van der Waals surface area contributed by atoms with E-state index in [2.05, 4.69) is 39.6 Å². The van der Waals surface area contributed by atoms with E-state index in [9.17, 15) is 0 Å². The number of anilines is 1. The van der Waals surface area contributed by atoms with Crippen molar-refractivity contribution in [2.75, 3.05) is 51.4 Å². The smallest absolute Gasteiger partial charge is 0.191 e. The molecule has 2 N–H and O–H groups in total. The van der Waals surface area contributed by atoms with Crippen molar-refractivity contribution in [2.45, 2.75) is 19.9 Å². The van der Waals surface area contributed by atoms with Crippen LogP contribution in [0.25, 0.3) is 0 Å². The van der Waals surface area contributed by atoms with Crippen LogP contribution in [0.3, 0.4) is 0 Å². The SMILES string of the molecule is CCNC(=NCc1cccnc1N1CCOCC1)NCCc1ccccc1OC.I. The quantitative estimate of drug-likeness (QED) is 0.314. The van der Waals surface area contributed by atoms with Crippen LogP contribution in [0.5, 0.6) is 5.75 Å². The third kappa shape index (κ3) is 7.02. The van der Waals surface area contributed by atoms with Crippen LogP contribution in [0.1, 0.15) is 18.1 Å². The molecular formula is C22H32IN5O2. The first kappa shape index (κ1) is 24.2. The van der Waals surface area contributed by atoms with Gasteiger partial charge in [-0.2, -0.15) is 0 Å². The molecule has 1 aliphatic rings. The molecule has 7 nitrogen and oxygen atoms in total. The zero-order valence-corrected chi connectivity index (χ0v) is 20.1. The molecule has 2 aromatic rings. The van der Waals surface area contributed by atoms with E-state index in [-0.39, 0.29) is 24.0 Å². The van der Waals surface area contributed by atoms with Gasteiger partial charge < -0.3 is 25.0 Å². The Morgan fingerprint density at radius 1 is 1.13 bits per heavy atom. The van der Waals surface area contributed by atoms with Crippen molar-refractivity contribution in [2.24, 2.45) is 4.99 Å². The maximum atomic E-state index is 5.46. The van der Waals surface area contributed by atoms with Crippen molar-refractivity contribution >= 4 is 35.8 Å². The van der Waals surface area contributed by atoms with Crippen molar-refractivity contribution in [3.63, 3.8) is 0 Å². The highest BCUT2D eigenvalue weighted by Gasteiger charge is 2.15. The highest BCUT2D eigenvalue weighted by Crippen LogP contribution is 2.19. The minimum absolute atomic E-state index is 0. The van der Waals surface area contributed by atoms with Crippen molar-refractivity contribution in [3.05, 3.63) is 53.7 Å². The topological polar surface area (TPSA) is 71.0 Å². The predicted molar refractivity (Wildman–Crippen MR) is 132 cm³/mol. The molecule has 1 saturated heterocycles. The van der Waals surface area contributed by atoms with Gasteiger partial charge in [-0.3, -0.25) is 0 Å². The van der Waals surface area contributed by atoms with E-state index in [1.807, 2.05) is 30.5 Å². The summed E-state index contributed by atoms with van der Waals surface area (Å²) < 4.78 is 10.9. The molecule has 0 saturated carbocycles. The lowest BCUT2D eigenvalue weighted by atomic mass is 10.1. The van der Waals surface area contributed by atoms with Gasteiger partial charge in [0.2, 0.25) is 0 Å². The summed E-state index contributed by atoms with van der Waals surface area (Å²) in [7, 11) is 1.71. The second kappa shape index (κ2) is 13.3. The first-order valence-electron chi connectivity index (χ1n) is 10.2.